The van der Waals surface area contributed by atoms with Crippen LogP contribution in [0.3, 0.4) is 0 Å². The van der Waals surface area contributed by atoms with Crippen LogP contribution < -0.4 is 0 Å². The van der Waals surface area contributed by atoms with Crippen molar-refractivity contribution in [3.8, 4) is 0 Å². The molecule has 0 saturated carbocycles. The van der Waals surface area contributed by atoms with Gasteiger partial charge in [-0.05, 0) is 12.6 Å². The maximum atomic E-state index is 10.9. The molecular weight excluding hydrogens is 210 g/mol. The summed E-state index contributed by atoms with van der Waals surface area (Å²) < 4.78 is 6.58. The van der Waals surface area contributed by atoms with Crippen molar-refractivity contribution in [1.82, 2.24) is 4.31 Å². The Labute approximate surface area is 94.5 Å². The van der Waals surface area contributed by atoms with Gasteiger partial charge in [-0.15, -0.1) is 0 Å². The minimum absolute atomic E-state index is 0.195. The zero-order valence-corrected chi connectivity index (χ0v) is 9.79. The van der Waals surface area contributed by atoms with Gasteiger partial charge in [-0.1, -0.05) is 42.3 Å². The quantitative estimate of drug-likeness (QED) is 0.566. The molecule has 0 radical (unpaired) electrons. The summed E-state index contributed by atoms with van der Waals surface area (Å²) in [7, 11) is 3.36. The van der Waals surface area contributed by atoms with Crippen molar-refractivity contribution in [3.63, 3.8) is 0 Å². The predicted octanol–water partition coefficient (Wildman–Crippen LogP) is 1.94. The molecule has 0 unspecified atom stereocenters. The molecule has 0 fully saturated rings. The van der Waals surface area contributed by atoms with E-state index in [0.717, 1.165) is 6.54 Å². The molecule has 0 N–H and O–H groups in total. The van der Waals surface area contributed by atoms with Crippen molar-refractivity contribution in [3.05, 3.63) is 35.9 Å². The number of rotatable bonds is 5. The van der Waals surface area contributed by atoms with E-state index in [2.05, 4.69) is 16.9 Å². The molecule has 4 heteroatoms. The van der Waals surface area contributed by atoms with E-state index < -0.39 is 0 Å². The summed E-state index contributed by atoms with van der Waals surface area (Å²) in [6, 6.07) is 10.1. The first kappa shape index (κ1) is 12.1. The third-order valence-electron chi connectivity index (χ3n) is 1.88. The molecule has 0 aliphatic carbocycles. The first-order valence-corrected chi connectivity index (χ1v) is 5.61. The first-order chi connectivity index (χ1) is 7.22. The zero-order valence-electron chi connectivity index (χ0n) is 8.97. The molecule has 0 heterocycles. The monoisotopic (exact) mass is 225 g/mol. The molecule has 0 saturated heterocycles. The summed E-state index contributed by atoms with van der Waals surface area (Å²) in [5.74, 6) is 0.166. The van der Waals surface area contributed by atoms with E-state index in [0.29, 0.717) is 5.75 Å². The maximum absolute atomic E-state index is 10.9. The Hall–Kier alpha value is -1.00. The molecular formula is C11H15NO2S. The second-order valence-electron chi connectivity index (χ2n) is 3.12. The Balaban J connectivity index is 2.30. The highest BCUT2D eigenvalue weighted by Crippen LogP contribution is 2.12. The Kier molecular flexibility index (Phi) is 5.21. The lowest BCUT2D eigenvalue weighted by atomic mass is 10.2. The van der Waals surface area contributed by atoms with Crippen LogP contribution in [0.2, 0.25) is 0 Å². The van der Waals surface area contributed by atoms with E-state index in [1.165, 1.54) is 24.6 Å². The molecule has 0 spiro atoms. The van der Waals surface area contributed by atoms with Gasteiger partial charge in [0.1, 0.15) is 5.75 Å². The normalized spacial score (nSPS) is 10.3. The number of ether oxygens (including phenoxy) is 1. The number of nitrogens with zero attached hydrogens (tertiary/aromatic N) is 1. The number of hydrogen-bond acceptors (Lipinski definition) is 4. The predicted molar refractivity (Wildman–Crippen MR) is 62.4 cm³/mol. The molecule has 0 aromatic heterocycles. The highest BCUT2D eigenvalue weighted by atomic mass is 32.2. The maximum Gasteiger partial charge on any atom is 0.316 e. The van der Waals surface area contributed by atoms with Crippen LogP contribution >= 0.6 is 11.9 Å². The number of esters is 1. The molecule has 0 amide bonds. The summed E-state index contributed by atoms with van der Waals surface area (Å²) in [5, 5.41) is 0. The average Bonchev–Trinajstić information content (AvgIpc) is 2.27. The number of methoxy groups -OCH3 is 1. The topological polar surface area (TPSA) is 29.5 Å². The second-order valence-corrected chi connectivity index (χ2v) is 4.29. The molecule has 0 aliphatic heterocycles. The first-order valence-electron chi connectivity index (χ1n) is 4.67. The summed E-state index contributed by atoms with van der Waals surface area (Å²) in [4.78, 5) is 10.9. The molecule has 1 rings (SSSR count). The fraction of sp³-hybridized carbons (Fsp3) is 0.364. The number of hydrogen-bond donors (Lipinski definition) is 0. The van der Waals surface area contributed by atoms with Gasteiger partial charge in [0.15, 0.2) is 0 Å². The molecule has 0 bridgehead atoms. The Morgan fingerprint density at radius 2 is 2.07 bits per heavy atom. The van der Waals surface area contributed by atoms with Crippen LogP contribution in [0, 0.1) is 0 Å². The van der Waals surface area contributed by atoms with Crippen LogP contribution in [0.4, 0.5) is 0 Å². The van der Waals surface area contributed by atoms with Crippen LogP contribution in [-0.2, 0) is 16.1 Å². The number of carbonyl (C=O) groups is 1. The van der Waals surface area contributed by atoms with Crippen LogP contribution in [0.15, 0.2) is 30.3 Å². The van der Waals surface area contributed by atoms with Crippen molar-refractivity contribution >= 4 is 17.9 Å². The lowest BCUT2D eigenvalue weighted by molar-refractivity contribution is -0.137. The zero-order chi connectivity index (χ0) is 11.1. The smallest absolute Gasteiger partial charge is 0.316 e. The van der Waals surface area contributed by atoms with Crippen molar-refractivity contribution < 1.29 is 9.53 Å². The summed E-state index contributed by atoms with van der Waals surface area (Å²) in [5.41, 5.74) is 1.23. The fourth-order valence-electron chi connectivity index (χ4n) is 1.11. The van der Waals surface area contributed by atoms with Gasteiger partial charge in [0, 0.05) is 6.54 Å². The van der Waals surface area contributed by atoms with Gasteiger partial charge >= 0.3 is 5.97 Å². The van der Waals surface area contributed by atoms with Gasteiger partial charge in [0.25, 0.3) is 0 Å². The second kappa shape index (κ2) is 6.48. The third kappa shape index (κ3) is 4.85. The fourth-order valence-corrected chi connectivity index (χ4v) is 1.79. The van der Waals surface area contributed by atoms with E-state index in [1.807, 2.05) is 29.6 Å². The van der Waals surface area contributed by atoms with E-state index >= 15 is 0 Å². The van der Waals surface area contributed by atoms with Gasteiger partial charge < -0.3 is 4.74 Å². The summed E-state index contributed by atoms with van der Waals surface area (Å²) >= 11 is 1.46. The van der Waals surface area contributed by atoms with Crippen LogP contribution in [0.5, 0.6) is 0 Å². The van der Waals surface area contributed by atoms with Crippen LogP contribution in [-0.4, -0.2) is 30.2 Å². The van der Waals surface area contributed by atoms with Crippen molar-refractivity contribution in [1.29, 1.82) is 0 Å². The lowest BCUT2D eigenvalue weighted by Gasteiger charge is -2.14. The largest absolute Gasteiger partial charge is 0.468 e. The Morgan fingerprint density at radius 3 is 2.67 bits per heavy atom. The van der Waals surface area contributed by atoms with Crippen molar-refractivity contribution in [2.24, 2.45) is 0 Å². The van der Waals surface area contributed by atoms with Gasteiger partial charge in [-0.2, -0.15) is 0 Å². The molecule has 1 aromatic rings. The Bertz CT molecular complexity index is 303. The van der Waals surface area contributed by atoms with E-state index in [1.54, 1.807) is 0 Å². The Morgan fingerprint density at radius 1 is 1.40 bits per heavy atom. The van der Waals surface area contributed by atoms with E-state index in [4.69, 9.17) is 0 Å². The minimum Gasteiger partial charge on any atom is -0.468 e. The van der Waals surface area contributed by atoms with Crippen molar-refractivity contribution in [2.75, 3.05) is 19.9 Å². The van der Waals surface area contributed by atoms with Gasteiger partial charge in [0.2, 0.25) is 0 Å². The van der Waals surface area contributed by atoms with Crippen molar-refractivity contribution in [2.45, 2.75) is 6.54 Å². The molecule has 15 heavy (non-hydrogen) atoms. The van der Waals surface area contributed by atoms with E-state index in [9.17, 15) is 4.79 Å². The minimum atomic E-state index is -0.195. The van der Waals surface area contributed by atoms with Gasteiger partial charge in [0.05, 0.1) is 7.11 Å². The SMILES string of the molecule is COC(=O)CSN(C)Cc1ccccc1. The summed E-state index contributed by atoms with van der Waals surface area (Å²) in [6.07, 6.45) is 0. The number of carbonyl (C=O) groups excluding carboxylic acids is 1. The molecule has 82 valence electrons. The number of benzene rings is 1. The van der Waals surface area contributed by atoms with Gasteiger partial charge in [-0.25, -0.2) is 4.31 Å². The van der Waals surface area contributed by atoms with Crippen LogP contribution in [0.25, 0.3) is 0 Å². The molecule has 1 aromatic carbocycles. The standard InChI is InChI=1S/C11H15NO2S/c1-12(15-9-11(13)14-2)8-10-6-4-3-5-7-10/h3-7H,8-9H2,1-2H3. The molecule has 3 nitrogen and oxygen atoms in total. The van der Waals surface area contributed by atoms with Crippen LogP contribution in [0.1, 0.15) is 5.56 Å². The highest BCUT2D eigenvalue weighted by molar-refractivity contribution is 7.97. The highest BCUT2D eigenvalue weighted by Gasteiger charge is 2.05. The average molecular weight is 225 g/mol. The molecule has 0 atom stereocenters. The lowest BCUT2D eigenvalue weighted by Crippen LogP contribution is -2.13. The van der Waals surface area contributed by atoms with Gasteiger partial charge in [-0.3, -0.25) is 4.79 Å². The van der Waals surface area contributed by atoms with E-state index in [-0.39, 0.29) is 5.97 Å². The summed E-state index contributed by atoms with van der Waals surface area (Å²) in [6.45, 7) is 0.822. The third-order valence-corrected chi connectivity index (χ3v) is 2.81. The molecule has 0 aliphatic rings.